The van der Waals surface area contributed by atoms with E-state index in [9.17, 15) is 9.90 Å². The van der Waals surface area contributed by atoms with E-state index >= 15 is 0 Å². The van der Waals surface area contributed by atoms with Gasteiger partial charge in [-0.3, -0.25) is 4.79 Å². The highest BCUT2D eigenvalue weighted by Crippen LogP contribution is 2.34. The summed E-state index contributed by atoms with van der Waals surface area (Å²) in [6.07, 6.45) is 0. The van der Waals surface area contributed by atoms with Crippen molar-refractivity contribution in [1.29, 1.82) is 0 Å². The number of halogens is 1. The van der Waals surface area contributed by atoms with Crippen molar-refractivity contribution in [2.75, 3.05) is 5.33 Å². The average molecular weight is 305 g/mol. The Bertz CT molecular complexity index is 483. The Hall–Kier alpha value is -1.61. The second-order valence-corrected chi connectivity index (χ2v) is 4.64. The Labute approximate surface area is 114 Å². The van der Waals surface area contributed by atoms with Crippen LogP contribution in [0.1, 0.15) is 11.1 Å². The van der Waals surface area contributed by atoms with E-state index < -0.39 is 11.4 Å². The van der Waals surface area contributed by atoms with Gasteiger partial charge in [-0.1, -0.05) is 76.6 Å². The third kappa shape index (κ3) is 2.06. The van der Waals surface area contributed by atoms with Crippen LogP contribution < -0.4 is 0 Å². The predicted octanol–water partition coefficient (Wildman–Crippen LogP) is 3.45. The van der Waals surface area contributed by atoms with Gasteiger partial charge < -0.3 is 5.11 Å². The molecule has 0 amide bonds. The molecule has 0 heterocycles. The molecular weight excluding hydrogens is 292 g/mol. The summed E-state index contributed by atoms with van der Waals surface area (Å²) in [5, 5.41) is 10.0. The third-order valence-electron chi connectivity index (χ3n) is 3.10. The van der Waals surface area contributed by atoms with Crippen molar-refractivity contribution in [1.82, 2.24) is 0 Å². The summed E-state index contributed by atoms with van der Waals surface area (Å²) in [5.41, 5.74) is 0.517. The van der Waals surface area contributed by atoms with E-state index in [4.69, 9.17) is 0 Å². The summed E-state index contributed by atoms with van der Waals surface area (Å²) < 4.78 is 0. The SMILES string of the molecule is O=C(O)C(CBr)(c1ccccc1)c1ccccc1. The van der Waals surface area contributed by atoms with Crippen LogP contribution in [0.25, 0.3) is 0 Å². The van der Waals surface area contributed by atoms with Crippen molar-refractivity contribution in [3.05, 3.63) is 71.8 Å². The first kappa shape index (κ1) is 12.8. The highest BCUT2D eigenvalue weighted by atomic mass is 79.9. The Kier molecular flexibility index (Phi) is 3.82. The smallest absolute Gasteiger partial charge is 0.319 e. The van der Waals surface area contributed by atoms with Gasteiger partial charge in [0.1, 0.15) is 5.41 Å². The summed E-state index contributed by atoms with van der Waals surface area (Å²) in [4.78, 5) is 11.8. The zero-order valence-electron chi connectivity index (χ0n) is 9.71. The van der Waals surface area contributed by atoms with Crippen LogP contribution in [-0.2, 0) is 10.2 Å². The molecule has 0 aliphatic heterocycles. The number of carboxylic acid groups (broad SMARTS) is 1. The number of aliphatic carboxylic acids is 1. The van der Waals surface area contributed by atoms with Crippen molar-refractivity contribution in [3.8, 4) is 0 Å². The molecule has 0 aliphatic carbocycles. The van der Waals surface area contributed by atoms with E-state index in [1.165, 1.54) is 0 Å². The summed E-state index contributed by atoms with van der Waals surface area (Å²) in [6.45, 7) is 0. The number of hydrogen-bond acceptors (Lipinski definition) is 1. The molecule has 0 spiro atoms. The van der Waals surface area contributed by atoms with Gasteiger partial charge in [-0.2, -0.15) is 0 Å². The Morgan fingerprint density at radius 1 is 0.944 bits per heavy atom. The summed E-state index contributed by atoms with van der Waals surface area (Å²) in [5.74, 6) is -0.850. The van der Waals surface area contributed by atoms with Gasteiger partial charge >= 0.3 is 5.97 Å². The van der Waals surface area contributed by atoms with Crippen LogP contribution in [0, 0.1) is 0 Å². The number of carbonyl (C=O) groups is 1. The van der Waals surface area contributed by atoms with E-state index in [0.717, 1.165) is 11.1 Å². The lowest BCUT2D eigenvalue weighted by molar-refractivity contribution is -0.141. The Morgan fingerprint density at radius 3 is 1.61 bits per heavy atom. The van der Waals surface area contributed by atoms with Crippen molar-refractivity contribution >= 4 is 21.9 Å². The molecule has 2 aromatic rings. The fourth-order valence-electron chi connectivity index (χ4n) is 2.07. The molecule has 0 aliphatic rings. The molecular formula is C15H13BrO2. The van der Waals surface area contributed by atoms with E-state index in [1.54, 1.807) is 0 Å². The van der Waals surface area contributed by atoms with Gasteiger partial charge in [0, 0.05) is 5.33 Å². The summed E-state index contributed by atoms with van der Waals surface area (Å²) in [6, 6.07) is 18.6. The molecule has 0 fully saturated rings. The highest BCUT2D eigenvalue weighted by molar-refractivity contribution is 9.09. The maximum atomic E-state index is 11.8. The number of carboxylic acids is 1. The lowest BCUT2D eigenvalue weighted by Crippen LogP contribution is -2.38. The molecule has 0 radical (unpaired) electrons. The first-order valence-electron chi connectivity index (χ1n) is 5.62. The van der Waals surface area contributed by atoms with E-state index in [2.05, 4.69) is 15.9 Å². The molecule has 0 saturated carbocycles. The topological polar surface area (TPSA) is 37.3 Å². The largest absolute Gasteiger partial charge is 0.480 e. The molecule has 92 valence electrons. The van der Waals surface area contributed by atoms with Crippen molar-refractivity contribution < 1.29 is 9.90 Å². The minimum atomic E-state index is -1.04. The molecule has 0 atom stereocenters. The highest BCUT2D eigenvalue weighted by Gasteiger charge is 2.41. The standard InChI is InChI=1S/C15H13BrO2/c16-11-15(14(17)18,12-7-3-1-4-8-12)13-9-5-2-6-10-13/h1-10H,11H2,(H,17,18). The maximum Gasteiger partial charge on any atom is 0.319 e. The van der Waals surface area contributed by atoms with Gasteiger partial charge in [-0.05, 0) is 11.1 Å². The fourth-order valence-corrected chi connectivity index (χ4v) is 2.96. The molecule has 2 nitrogen and oxygen atoms in total. The molecule has 2 aromatic carbocycles. The normalized spacial score (nSPS) is 11.2. The van der Waals surface area contributed by atoms with Gasteiger partial charge in [0.15, 0.2) is 0 Å². The zero-order valence-corrected chi connectivity index (χ0v) is 11.3. The first-order chi connectivity index (χ1) is 8.71. The van der Waals surface area contributed by atoms with Gasteiger partial charge in [0.2, 0.25) is 0 Å². The Balaban J connectivity index is 2.65. The van der Waals surface area contributed by atoms with Crippen LogP contribution in [-0.4, -0.2) is 16.4 Å². The number of rotatable bonds is 4. The van der Waals surface area contributed by atoms with Crippen LogP contribution >= 0.6 is 15.9 Å². The van der Waals surface area contributed by atoms with E-state index in [0.29, 0.717) is 5.33 Å². The summed E-state index contributed by atoms with van der Waals surface area (Å²) >= 11 is 3.37. The molecule has 0 bridgehead atoms. The molecule has 2 rings (SSSR count). The quantitative estimate of drug-likeness (QED) is 0.879. The molecule has 3 heteroatoms. The number of alkyl halides is 1. The third-order valence-corrected chi connectivity index (χ3v) is 3.94. The monoisotopic (exact) mass is 304 g/mol. The molecule has 1 N–H and O–H groups in total. The van der Waals surface area contributed by atoms with E-state index in [1.807, 2.05) is 60.7 Å². The summed E-state index contributed by atoms with van der Waals surface area (Å²) in [7, 11) is 0. The Morgan fingerprint density at radius 2 is 1.33 bits per heavy atom. The minimum Gasteiger partial charge on any atom is -0.480 e. The second-order valence-electron chi connectivity index (χ2n) is 4.08. The van der Waals surface area contributed by atoms with Gasteiger partial charge in [0.05, 0.1) is 0 Å². The minimum absolute atomic E-state index is 0.337. The number of benzene rings is 2. The average Bonchev–Trinajstić information content (AvgIpc) is 2.42. The molecule has 18 heavy (non-hydrogen) atoms. The van der Waals surface area contributed by atoms with Crippen LogP contribution in [0.15, 0.2) is 60.7 Å². The molecule has 0 unspecified atom stereocenters. The van der Waals surface area contributed by atoms with Crippen molar-refractivity contribution in [2.45, 2.75) is 5.41 Å². The molecule has 0 saturated heterocycles. The van der Waals surface area contributed by atoms with Crippen LogP contribution in [0.3, 0.4) is 0 Å². The van der Waals surface area contributed by atoms with Crippen molar-refractivity contribution in [3.63, 3.8) is 0 Å². The van der Waals surface area contributed by atoms with Crippen LogP contribution in [0.4, 0.5) is 0 Å². The lowest BCUT2D eigenvalue weighted by Gasteiger charge is -2.28. The van der Waals surface area contributed by atoms with Crippen molar-refractivity contribution in [2.24, 2.45) is 0 Å². The van der Waals surface area contributed by atoms with Crippen LogP contribution in [0.5, 0.6) is 0 Å². The first-order valence-corrected chi connectivity index (χ1v) is 6.74. The zero-order chi connectivity index (χ0) is 13.0. The second kappa shape index (κ2) is 5.36. The number of hydrogen-bond donors (Lipinski definition) is 1. The lowest BCUT2D eigenvalue weighted by atomic mass is 9.76. The fraction of sp³-hybridized carbons (Fsp3) is 0.133. The maximum absolute atomic E-state index is 11.8. The molecule has 0 aromatic heterocycles. The van der Waals surface area contributed by atoms with Crippen LogP contribution in [0.2, 0.25) is 0 Å². The van der Waals surface area contributed by atoms with E-state index in [-0.39, 0.29) is 0 Å². The van der Waals surface area contributed by atoms with Gasteiger partial charge in [-0.15, -0.1) is 0 Å². The predicted molar refractivity (Wildman–Crippen MR) is 75.1 cm³/mol. The van der Waals surface area contributed by atoms with Gasteiger partial charge in [-0.25, -0.2) is 0 Å². The van der Waals surface area contributed by atoms with Gasteiger partial charge in [0.25, 0.3) is 0 Å².